The van der Waals surface area contributed by atoms with Crippen molar-refractivity contribution in [3.63, 3.8) is 0 Å². The van der Waals surface area contributed by atoms with Crippen LogP contribution in [0.3, 0.4) is 0 Å². The number of nitrogens with zero attached hydrogens (tertiary/aromatic N) is 7. The van der Waals surface area contributed by atoms with Crippen LogP contribution in [0.25, 0.3) is 11.2 Å². The molecule has 5 rings (SSSR count). The molecule has 226 valence electrons. The largest absolute Gasteiger partial charge is 0.491 e. The Morgan fingerprint density at radius 1 is 1.09 bits per heavy atom. The summed E-state index contributed by atoms with van der Waals surface area (Å²) >= 11 is 5.83. The molecule has 4 aromatic rings. The fraction of sp³-hybridized carbons (Fsp3) is 0.333. The fourth-order valence-electron chi connectivity index (χ4n) is 4.59. The molecule has 1 atom stereocenters. The Hall–Kier alpha value is -4.37. The van der Waals surface area contributed by atoms with Crippen molar-refractivity contribution in [3.8, 4) is 5.88 Å². The Morgan fingerprint density at radius 2 is 1.86 bits per heavy atom. The molecule has 1 saturated heterocycles. The highest BCUT2D eigenvalue weighted by Gasteiger charge is 2.42. The second-order valence-corrected chi connectivity index (χ2v) is 10.2. The predicted octanol–water partition coefficient (Wildman–Crippen LogP) is 4.09. The minimum atomic E-state index is -5.31. The van der Waals surface area contributed by atoms with Crippen LogP contribution in [-0.2, 0) is 29.7 Å². The zero-order valence-electron chi connectivity index (χ0n) is 22.8. The molecule has 3 aromatic heterocycles. The number of hydrogen-bond donors (Lipinski definition) is 0. The number of hydrogen-bond acceptors (Lipinski definition) is 10. The number of pyridine rings is 1. The number of esters is 2. The summed E-state index contributed by atoms with van der Waals surface area (Å²) in [4.78, 5) is 44.7. The van der Waals surface area contributed by atoms with Gasteiger partial charge in [0.05, 0.1) is 6.54 Å². The molecule has 1 aliphatic heterocycles. The minimum Gasteiger partial charge on any atom is -0.470 e. The van der Waals surface area contributed by atoms with Crippen molar-refractivity contribution >= 4 is 40.5 Å². The van der Waals surface area contributed by atoms with Gasteiger partial charge in [-0.3, -0.25) is 4.90 Å². The number of piperazine rings is 1. The van der Waals surface area contributed by atoms with E-state index < -0.39 is 29.6 Å². The van der Waals surface area contributed by atoms with E-state index in [1.54, 1.807) is 29.9 Å². The number of aromatic nitrogens is 5. The summed E-state index contributed by atoms with van der Waals surface area (Å²) in [7, 11) is 1.67. The van der Waals surface area contributed by atoms with Crippen LogP contribution in [0.1, 0.15) is 28.8 Å². The molecule has 0 spiro atoms. The van der Waals surface area contributed by atoms with E-state index in [0.717, 1.165) is 6.07 Å². The summed E-state index contributed by atoms with van der Waals surface area (Å²) in [5.41, 5.74) is 0.534. The van der Waals surface area contributed by atoms with Crippen LogP contribution in [-0.4, -0.2) is 73.2 Å². The molecule has 0 bridgehead atoms. The molecule has 1 aliphatic rings. The number of halogens is 5. The summed E-state index contributed by atoms with van der Waals surface area (Å²) in [5.74, 6) is -3.21. The van der Waals surface area contributed by atoms with Gasteiger partial charge in [0.15, 0.2) is 17.2 Å². The molecular weight excluding hydrogens is 598 g/mol. The summed E-state index contributed by atoms with van der Waals surface area (Å²) in [6, 6.07) is 6.93. The zero-order valence-corrected chi connectivity index (χ0v) is 23.6. The molecule has 0 aliphatic carbocycles. The summed E-state index contributed by atoms with van der Waals surface area (Å²) in [6.45, 7) is 4.13. The average molecular weight is 622 g/mol. The molecule has 0 unspecified atom stereocenters. The molecule has 0 N–H and O–H groups in total. The number of ether oxygens (including phenoxy) is 2. The highest BCUT2D eigenvalue weighted by molar-refractivity contribution is 6.30. The predicted molar refractivity (Wildman–Crippen MR) is 145 cm³/mol. The number of carbonyl (C=O) groups is 2. The van der Waals surface area contributed by atoms with Crippen molar-refractivity contribution in [1.82, 2.24) is 29.4 Å². The van der Waals surface area contributed by atoms with Gasteiger partial charge in [0.1, 0.15) is 23.8 Å². The first-order valence-corrected chi connectivity index (χ1v) is 13.3. The maximum Gasteiger partial charge on any atom is 0.491 e. The first-order valence-electron chi connectivity index (χ1n) is 12.9. The minimum absolute atomic E-state index is 0.0176. The van der Waals surface area contributed by atoms with Crippen LogP contribution in [0.4, 0.5) is 23.4 Å². The molecule has 4 heterocycles. The van der Waals surface area contributed by atoms with Gasteiger partial charge in [-0.1, -0.05) is 17.7 Å². The summed E-state index contributed by atoms with van der Waals surface area (Å²) < 4.78 is 63.0. The van der Waals surface area contributed by atoms with Crippen LogP contribution in [0, 0.1) is 5.82 Å². The van der Waals surface area contributed by atoms with Crippen LogP contribution >= 0.6 is 11.6 Å². The Balaban J connectivity index is 1.25. The van der Waals surface area contributed by atoms with Crippen molar-refractivity contribution in [2.24, 2.45) is 7.05 Å². The third-order valence-corrected chi connectivity index (χ3v) is 7.11. The SMILES string of the molecule is C[C@H]1CN(c2nccnc2OCc2ccc(Cl)cc2F)CCN1Cc1nc2ccc(C(=O)OC(=O)C(F)(F)F)nc2n1C. The van der Waals surface area contributed by atoms with E-state index in [4.69, 9.17) is 16.3 Å². The standard InChI is InChI=1S/C27H24ClF4N7O4/c1-15-12-39(23-24(34-8-7-33-23)42-14-16-3-4-17(28)11-18(16)29)10-9-38(15)13-21-35-19-5-6-20(36-22(19)37(21)2)25(40)43-26(41)27(30,31)32/h3-8,11,15H,9-10,12-14H2,1-2H3/t15-/m0/s1. The maximum atomic E-state index is 14.2. The molecule has 11 nitrogen and oxygen atoms in total. The van der Waals surface area contributed by atoms with Crippen molar-refractivity contribution in [2.75, 3.05) is 24.5 Å². The third kappa shape index (κ3) is 6.67. The number of imidazole rings is 1. The third-order valence-electron chi connectivity index (χ3n) is 6.87. The van der Waals surface area contributed by atoms with E-state index in [0.29, 0.717) is 48.9 Å². The highest BCUT2D eigenvalue weighted by Crippen LogP contribution is 2.28. The van der Waals surface area contributed by atoms with Gasteiger partial charge in [0, 0.05) is 55.7 Å². The van der Waals surface area contributed by atoms with Crippen molar-refractivity contribution in [3.05, 3.63) is 70.6 Å². The number of fused-ring (bicyclic) bond motifs is 1. The van der Waals surface area contributed by atoms with Gasteiger partial charge in [-0.25, -0.2) is 33.9 Å². The molecule has 0 radical (unpaired) electrons. The second-order valence-electron chi connectivity index (χ2n) is 9.78. The molecule has 43 heavy (non-hydrogen) atoms. The number of benzene rings is 1. The fourth-order valence-corrected chi connectivity index (χ4v) is 4.75. The van der Waals surface area contributed by atoms with E-state index in [-0.39, 0.29) is 29.2 Å². The topological polar surface area (TPSA) is 116 Å². The van der Waals surface area contributed by atoms with Crippen molar-refractivity contribution in [1.29, 1.82) is 0 Å². The van der Waals surface area contributed by atoms with Crippen LogP contribution in [0.5, 0.6) is 5.88 Å². The van der Waals surface area contributed by atoms with Gasteiger partial charge in [0.25, 0.3) is 5.88 Å². The van der Waals surface area contributed by atoms with Crippen LogP contribution in [0.15, 0.2) is 42.7 Å². The van der Waals surface area contributed by atoms with Crippen LogP contribution in [0.2, 0.25) is 5.02 Å². The van der Waals surface area contributed by atoms with E-state index in [2.05, 4.69) is 29.6 Å². The molecular formula is C27H24ClF4N7O4. The number of anilines is 1. The Morgan fingerprint density at radius 3 is 2.58 bits per heavy atom. The number of aryl methyl sites for hydroxylation is 1. The Kier molecular flexibility index (Phi) is 8.46. The second kappa shape index (κ2) is 12.1. The quantitative estimate of drug-likeness (QED) is 0.170. The lowest BCUT2D eigenvalue weighted by Gasteiger charge is -2.40. The summed E-state index contributed by atoms with van der Waals surface area (Å²) in [5, 5.41) is 0.287. The monoisotopic (exact) mass is 621 g/mol. The number of alkyl halides is 3. The Labute approximate surface area is 247 Å². The van der Waals surface area contributed by atoms with Gasteiger partial charge in [0.2, 0.25) is 0 Å². The Bertz CT molecular complexity index is 1680. The normalized spacial score (nSPS) is 16.0. The van der Waals surface area contributed by atoms with Crippen molar-refractivity contribution in [2.45, 2.75) is 32.3 Å². The zero-order chi connectivity index (χ0) is 30.9. The smallest absolute Gasteiger partial charge is 0.470 e. The first kappa shape index (κ1) is 30.1. The van der Waals surface area contributed by atoms with Crippen molar-refractivity contribution < 1.29 is 36.6 Å². The lowest BCUT2D eigenvalue weighted by molar-refractivity contribution is -0.193. The maximum absolute atomic E-state index is 14.2. The average Bonchev–Trinajstić information content (AvgIpc) is 3.27. The van der Waals surface area contributed by atoms with E-state index >= 15 is 0 Å². The number of carbonyl (C=O) groups excluding carboxylic acids is 2. The lowest BCUT2D eigenvalue weighted by Crippen LogP contribution is -2.52. The van der Waals surface area contributed by atoms with E-state index in [9.17, 15) is 27.2 Å². The summed E-state index contributed by atoms with van der Waals surface area (Å²) in [6.07, 6.45) is -2.26. The van der Waals surface area contributed by atoms with Gasteiger partial charge in [-0.15, -0.1) is 0 Å². The molecule has 1 fully saturated rings. The van der Waals surface area contributed by atoms with Gasteiger partial charge >= 0.3 is 18.1 Å². The molecule has 0 amide bonds. The molecule has 0 saturated carbocycles. The highest BCUT2D eigenvalue weighted by atomic mass is 35.5. The van der Waals surface area contributed by atoms with Gasteiger partial charge in [-0.2, -0.15) is 13.2 Å². The number of rotatable bonds is 7. The molecule has 1 aromatic carbocycles. The van der Waals surface area contributed by atoms with Crippen LogP contribution < -0.4 is 9.64 Å². The first-order chi connectivity index (χ1) is 20.4. The lowest BCUT2D eigenvalue weighted by atomic mass is 10.2. The van der Waals surface area contributed by atoms with E-state index in [1.165, 1.54) is 18.3 Å². The molecule has 16 heteroatoms. The van der Waals surface area contributed by atoms with Gasteiger partial charge < -0.3 is 18.9 Å². The van der Waals surface area contributed by atoms with E-state index in [1.807, 2.05) is 11.8 Å². The van der Waals surface area contributed by atoms with Gasteiger partial charge in [-0.05, 0) is 31.2 Å².